The van der Waals surface area contributed by atoms with Gasteiger partial charge in [0.1, 0.15) is 0 Å². The number of aryl methyl sites for hydroxylation is 1. The van der Waals surface area contributed by atoms with Gasteiger partial charge in [0.05, 0.1) is 12.6 Å². The maximum absolute atomic E-state index is 12.2. The van der Waals surface area contributed by atoms with Gasteiger partial charge in [-0.25, -0.2) is 0 Å². The van der Waals surface area contributed by atoms with Crippen molar-refractivity contribution in [3.05, 3.63) is 33.8 Å². The zero-order chi connectivity index (χ0) is 13.0. The van der Waals surface area contributed by atoms with E-state index in [4.69, 9.17) is 4.74 Å². The summed E-state index contributed by atoms with van der Waals surface area (Å²) in [5.41, 5.74) is 1.81. The van der Waals surface area contributed by atoms with Gasteiger partial charge >= 0.3 is 0 Å². The van der Waals surface area contributed by atoms with Crippen molar-refractivity contribution in [3.63, 3.8) is 0 Å². The van der Waals surface area contributed by atoms with E-state index in [9.17, 15) is 4.79 Å². The van der Waals surface area contributed by atoms with Crippen molar-refractivity contribution in [1.82, 2.24) is 4.90 Å². The minimum atomic E-state index is 0.00949. The summed E-state index contributed by atoms with van der Waals surface area (Å²) in [4.78, 5) is 13.9. The molecule has 3 nitrogen and oxygen atoms in total. The van der Waals surface area contributed by atoms with E-state index < -0.39 is 0 Å². The summed E-state index contributed by atoms with van der Waals surface area (Å²) >= 11 is 3.44. The molecule has 1 unspecified atom stereocenters. The Bertz CT molecular complexity index is 406. The van der Waals surface area contributed by atoms with Crippen LogP contribution in [0.15, 0.2) is 22.7 Å². The molecule has 1 atom stereocenters. The molecule has 1 aromatic rings. The highest BCUT2D eigenvalue weighted by molar-refractivity contribution is 9.10. The molecule has 1 amide bonds. The Labute approximate surface area is 111 Å². The molecule has 0 N–H and O–H groups in total. The van der Waals surface area contributed by atoms with E-state index in [1.165, 1.54) is 0 Å². The largest absolute Gasteiger partial charge is 0.383 e. The standard InChI is InChI=1S/C13H18BrNO2/c1-9-5-6-11(7-12(9)14)13(16)15(3)10(2)8-17-4/h5-7,10H,8H2,1-4H3. The molecule has 17 heavy (non-hydrogen) atoms. The van der Waals surface area contributed by atoms with Crippen LogP contribution in [0.1, 0.15) is 22.8 Å². The van der Waals surface area contributed by atoms with Crippen LogP contribution in [0.3, 0.4) is 0 Å². The molecule has 0 spiro atoms. The van der Waals surface area contributed by atoms with Crippen LogP contribution in [0.2, 0.25) is 0 Å². The molecule has 0 aromatic heterocycles. The van der Waals surface area contributed by atoms with Crippen LogP contribution >= 0.6 is 15.9 Å². The number of ether oxygens (including phenoxy) is 1. The molecular weight excluding hydrogens is 282 g/mol. The van der Waals surface area contributed by atoms with Crippen LogP contribution < -0.4 is 0 Å². The third-order valence-corrected chi connectivity index (χ3v) is 3.66. The van der Waals surface area contributed by atoms with Gasteiger partial charge in [-0.1, -0.05) is 22.0 Å². The van der Waals surface area contributed by atoms with Crippen LogP contribution in [-0.4, -0.2) is 37.6 Å². The molecule has 0 heterocycles. The Morgan fingerprint density at radius 3 is 2.71 bits per heavy atom. The molecule has 4 heteroatoms. The molecule has 1 aromatic carbocycles. The maximum atomic E-state index is 12.2. The van der Waals surface area contributed by atoms with Gasteiger partial charge in [-0.2, -0.15) is 0 Å². The van der Waals surface area contributed by atoms with E-state index in [2.05, 4.69) is 15.9 Å². The molecule has 0 saturated carbocycles. The Balaban J connectivity index is 2.85. The summed E-state index contributed by atoms with van der Waals surface area (Å²) in [6.45, 7) is 4.50. The van der Waals surface area contributed by atoms with Crippen molar-refractivity contribution >= 4 is 21.8 Å². The van der Waals surface area contributed by atoms with E-state index in [0.29, 0.717) is 12.2 Å². The molecular formula is C13H18BrNO2. The van der Waals surface area contributed by atoms with Crippen molar-refractivity contribution < 1.29 is 9.53 Å². The number of benzene rings is 1. The van der Waals surface area contributed by atoms with E-state index >= 15 is 0 Å². The average Bonchev–Trinajstić information content (AvgIpc) is 2.31. The highest BCUT2D eigenvalue weighted by Crippen LogP contribution is 2.18. The van der Waals surface area contributed by atoms with Crippen molar-refractivity contribution in [1.29, 1.82) is 0 Å². The van der Waals surface area contributed by atoms with Gasteiger partial charge in [0, 0.05) is 24.2 Å². The Morgan fingerprint density at radius 1 is 1.53 bits per heavy atom. The van der Waals surface area contributed by atoms with Crippen LogP contribution in [0.25, 0.3) is 0 Å². The second kappa shape index (κ2) is 6.17. The highest BCUT2D eigenvalue weighted by Gasteiger charge is 2.17. The number of amides is 1. The summed E-state index contributed by atoms with van der Waals surface area (Å²) < 4.78 is 6.01. The number of halogens is 1. The molecule has 0 bridgehead atoms. The predicted molar refractivity (Wildman–Crippen MR) is 72.3 cm³/mol. The zero-order valence-corrected chi connectivity index (χ0v) is 12.2. The molecule has 0 aliphatic rings. The maximum Gasteiger partial charge on any atom is 0.253 e. The molecule has 0 aliphatic carbocycles. The Hall–Kier alpha value is -0.870. The van der Waals surface area contributed by atoms with E-state index in [0.717, 1.165) is 10.0 Å². The van der Waals surface area contributed by atoms with Gasteiger partial charge in [-0.05, 0) is 31.5 Å². The minimum absolute atomic E-state index is 0.00949. The molecule has 0 aliphatic heterocycles. The number of rotatable bonds is 4. The van der Waals surface area contributed by atoms with Crippen LogP contribution in [0, 0.1) is 6.92 Å². The number of hydrogen-bond acceptors (Lipinski definition) is 2. The summed E-state index contributed by atoms with van der Waals surface area (Å²) in [6.07, 6.45) is 0. The quantitative estimate of drug-likeness (QED) is 0.855. The first kappa shape index (κ1) is 14.2. The minimum Gasteiger partial charge on any atom is -0.383 e. The highest BCUT2D eigenvalue weighted by atomic mass is 79.9. The smallest absolute Gasteiger partial charge is 0.253 e. The number of methoxy groups -OCH3 is 1. The van der Waals surface area contributed by atoms with Gasteiger partial charge in [-0.15, -0.1) is 0 Å². The summed E-state index contributed by atoms with van der Waals surface area (Å²) in [5.74, 6) is 0.00949. The fraction of sp³-hybridized carbons (Fsp3) is 0.462. The summed E-state index contributed by atoms with van der Waals surface area (Å²) in [6, 6.07) is 5.70. The van der Waals surface area contributed by atoms with Crippen molar-refractivity contribution in [2.24, 2.45) is 0 Å². The molecule has 94 valence electrons. The summed E-state index contributed by atoms with van der Waals surface area (Å²) in [7, 11) is 3.43. The SMILES string of the molecule is COCC(C)N(C)C(=O)c1ccc(C)c(Br)c1. The monoisotopic (exact) mass is 299 g/mol. The third-order valence-electron chi connectivity index (χ3n) is 2.81. The summed E-state index contributed by atoms with van der Waals surface area (Å²) in [5, 5.41) is 0. The van der Waals surface area contributed by atoms with Crippen LogP contribution in [0.4, 0.5) is 0 Å². The van der Waals surface area contributed by atoms with Crippen LogP contribution in [-0.2, 0) is 4.74 Å². The van der Waals surface area contributed by atoms with Crippen LogP contribution in [0.5, 0.6) is 0 Å². The fourth-order valence-corrected chi connectivity index (χ4v) is 1.86. The lowest BCUT2D eigenvalue weighted by atomic mass is 10.1. The Kier molecular flexibility index (Phi) is 5.15. The number of carbonyl (C=O) groups excluding carboxylic acids is 1. The van der Waals surface area contributed by atoms with Gasteiger partial charge < -0.3 is 9.64 Å². The number of hydrogen-bond donors (Lipinski definition) is 0. The topological polar surface area (TPSA) is 29.5 Å². The van der Waals surface area contributed by atoms with E-state index in [-0.39, 0.29) is 11.9 Å². The second-order valence-electron chi connectivity index (χ2n) is 4.18. The van der Waals surface area contributed by atoms with Gasteiger partial charge in [0.15, 0.2) is 0 Å². The van der Waals surface area contributed by atoms with Crippen molar-refractivity contribution in [2.75, 3.05) is 20.8 Å². The van der Waals surface area contributed by atoms with Gasteiger partial charge in [-0.3, -0.25) is 4.79 Å². The fourth-order valence-electron chi connectivity index (χ4n) is 1.48. The van der Waals surface area contributed by atoms with Gasteiger partial charge in [0.2, 0.25) is 0 Å². The number of nitrogens with zero attached hydrogens (tertiary/aromatic N) is 1. The first-order valence-electron chi connectivity index (χ1n) is 5.49. The molecule has 0 radical (unpaired) electrons. The lowest BCUT2D eigenvalue weighted by molar-refractivity contribution is 0.0633. The second-order valence-corrected chi connectivity index (χ2v) is 5.04. The molecule has 0 fully saturated rings. The average molecular weight is 300 g/mol. The lowest BCUT2D eigenvalue weighted by Crippen LogP contribution is -2.37. The van der Waals surface area contributed by atoms with Crippen molar-refractivity contribution in [3.8, 4) is 0 Å². The molecule has 1 rings (SSSR count). The van der Waals surface area contributed by atoms with E-state index in [1.54, 1.807) is 19.1 Å². The Morgan fingerprint density at radius 2 is 2.18 bits per heavy atom. The predicted octanol–water partition coefficient (Wildman–Crippen LogP) is 2.86. The lowest BCUT2D eigenvalue weighted by Gasteiger charge is -2.24. The van der Waals surface area contributed by atoms with Crippen molar-refractivity contribution in [2.45, 2.75) is 19.9 Å². The first-order chi connectivity index (χ1) is 7.97. The number of likely N-dealkylation sites (N-methyl/N-ethyl adjacent to an activating group) is 1. The van der Waals surface area contributed by atoms with E-state index in [1.807, 2.05) is 32.0 Å². The molecule has 0 saturated heterocycles. The van der Waals surface area contributed by atoms with Gasteiger partial charge in [0.25, 0.3) is 5.91 Å². The first-order valence-corrected chi connectivity index (χ1v) is 6.29. The number of carbonyl (C=O) groups is 1. The normalized spacial score (nSPS) is 12.3. The third kappa shape index (κ3) is 3.54. The zero-order valence-electron chi connectivity index (χ0n) is 10.7.